The highest BCUT2D eigenvalue weighted by Gasteiger charge is 2.68. The fourth-order valence-electron chi connectivity index (χ4n) is 5.39. The minimum Gasteiger partial charge on any atom is -0.455 e. The molecule has 1 saturated heterocycles. The number of esters is 1. The zero-order valence-electron chi connectivity index (χ0n) is 14.8. The van der Waals surface area contributed by atoms with Gasteiger partial charge in [0.15, 0.2) is 11.0 Å². The number of aromatic nitrogens is 2. The molecule has 4 atom stereocenters. The number of halogens is 1. The summed E-state index contributed by atoms with van der Waals surface area (Å²) in [6, 6.07) is 11.0. The molecule has 0 amide bonds. The Labute approximate surface area is 162 Å². The first-order chi connectivity index (χ1) is 13.1. The predicted octanol–water partition coefficient (Wildman–Crippen LogP) is 3.17. The molecule has 2 heterocycles. The van der Waals surface area contributed by atoms with Gasteiger partial charge in [-0.1, -0.05) is 29.8 Å². The molecule has 1 aliphatic heterocycles. The summed E-state index contributed by atoms with van der Waals surface area (Å²) in [4.78, 5) is 14.8. The Bertz CT molecular complexity index is 893. The highest BCUT2D eigenvalue weighted by molar-refractivity contribution is 6.29. The van der Waals surface area contributed by atoms with E-state index in [1.54, 1.807) is 6.07 Å². The van der Waals surface area contributed by atoms with Gasteiger partial charge < -0.3 is 15.4 Å². The molecule has 27 heavy (non-hydrogen) atoms. The number of rotatable bonds is 3. The predicted molar refractivity (Wildman–Crippen MR) is 103 cm³/mol. The lowest BCUT2D eigenvalue weighted by Gasteiger charge is -2.65. The van der Waals surface area contributed by atoms with Crippen LogP contribution in [0.25, 0.3) is 0 Å². The van der Waals surface area contributed by atoms with E-state index >= 15 is 0 Å². The normalized spacial score (nSPS) is 31.1. The second kappa shape index (κ2) is 6.09. The van der Waals surface area contributed by atoms with Crippen molar-refractivity contribution < 1.29 is 9.53 Å². The molecule has 2 saturated carbocycles. The monoisotopic (exact) mass is 384 g/mol. The van der Waals surface area contributed by atoms with Crippen LogP contribution in [0.1, 0.15) is 29.6 Å². The summed E-state index contributed by atoms with van der Waals surface area (Å²) in [7, 11) is 0. The number of hydrogen-bond donors (Lipinski definition) is 1. The first-order valence-corrected chi connectivity index (χ1v) is 9.75. The lowest BCUT2D eigenvalue weighted by Crippen LogP contribution is -2.68. The van der Waals surface area contributed by atoms with Crippen LogP contribution >= 0.6 is 11.6 Å². The molecule has 7 heteroatoms. The van der Waals surface area contributed by atoms with Gasteiger partial charge in [0.05, 0.1) is 11.3 Å². The molecule has 3 aliphatic rings. The number of carbonyl (C=O) groups is 1. The van der Waals surface area contributed by atoms with E-state index in [0.717, 1.165) is 38.0 Å². The third-order valence-electron chi connectivity index (χ3n) is 6.48. The molecule has 0 spiro atoms. The van der Waals surface area contributed by atoms with Crippen molar-refractivity contribution in [3.8, 4) is 0 Å². The van der Waals surface area contributed by atoms with Crippen LogP contribution < -0.4 is 10.6 Å². The van der Waals surface area contributed by atoms with Crippen molar-refractivity contribution >= 4 is 29.1 Å². The third kappa shape index (κ3) is 2.65. The number of hydrogen-bond acceptors (Lipinski definition) is 6. The standard InChI is InChI=1S/C20H21ClN4O2/c21-16-8-15(18(22)24-23-16)25-7-6-13-9-20(10-14(11-25)17(13)20)27-19(26)12-4-2-1-3-5-12/h1-5,8,13-14,17H,6-7,9-11H2,(H2,22,24)/t13-,14+,17?,20?/m1/s1. The van der Waals surface area contributed by atoms with E-state index in [2.05, 4.69) is 15.1 Å². The smallest absolute Gasteiger partial charge is 0.338 e. The molecule has 0 bridgehead atoms. The second-order valence-electron chi connectivity index (χ2n) is 7.95. The van der Waals surface area contributed by atoms with Gasteiger partial charge in [-0.15, -0.1) is 10.2 Å². The molecule has 140 valence electrons. The van der Waals surface area contributed by atoms with Crippen LogP contribution in [-0.2, 0) is 4.74 Å². The Balaban J connectivity index is 1.31. The zero-order valence-corrected chi connectivity index (χ0v) is 15.6. The number of benzene rings is 1. The van der Waals surface area contributed by atoms with E-state index in [9.17, 15) is 4.79 Å². The van der Waals surface area contributed by atoms with Gasteiger partial charge in [0.1, 0.15) is 5.60 Å². The van der Waals surface area contributed by atoms with Crippen molar-refractivity contribution in [1.29, 1.82) is 0 Å². The maximum absolute atomic E-state index is 12.5. The first kappa shape index (κ1) is 16.8. The Morgan fingerprint density at radius 1 is 1.22 bits per heavy atom. The van der Waals surface area contributed by atoms with Crippen molar-refractivity contribution in [2.24, 2.45) is 17.8 Å². The maximum Gasteiger partial charge on any atom is 0.338 e. The lowest BCUT2D eigenvalue weighted by molar-refractivity contribution is -0.238. The lowest BCUT2D eigenvalue weighted by atomic mass is 9.44. The van der Waals surface area contributed by atoms with Crippen molar-refractivity contribution in [3.63, 3.8) is 0 Å². The molecule has 2 aliphatic carbocycles. The molecule has 2 N–H and O–H groups in total. The molecule has 5 rings (SSSR count). The van der Waals surface area contributed by atoms with E-state index in [1.165, 1.54) is 0 Å². The molecule has 2 aromatic rings. The van der Waals surface area contributed by atoms with Crippen LogP contribution in [0.2, 0.25) is 5.15 Å². The molecule has 3 fully saturated rings. The number of nitrogens with zero attached hydrogens (tertiary/aromatic N) is 3. The Hall–Kier alpha value is -2.34. The molecule has 1 aromatic carbocycles. The SMILES string of the molecule is Nc1nnc(Cl)cc1N1CC[C@@H]2CC3(OC(=O)c4ccccc4)C[C@@H](C1)C23. The van der Waals surface area contributed by atoms with Crippen molar-refractivity contribution in [3.05, 3.63) is 47.1 Å². The van der Waals surface area contributed by atoms with Crippen molar-refractivity contribution in [1.82, 2.24) is 10.2 Å². The van der Waals surface area contributed by atoms with Crippen LogP contribution in [0.3, 0.4) is 0 Å². The highest BCUT2D eigenvalue weighted by Crippen LogP contribution is 2.65. The second-order valence-corrected chi connectivity index (χ2v) is 8.33. The van der Waals surface area contributed by atoms with E-state index in [4.69, 9.17) is 22.1 Å². The van der Waals surface area contributed by atoms with Crippen LogP contribution in [-0.4, -0.2) is 34.9 Å². The van der Waals surface area contributed by atoms with Crippen molar-refractivity contribution in [2.45, 2.75) is 24.9 Å². The van der Waals surface area contributed by atoms with E-state index < -0.39 is 0 Å². The van der Waals surface area contributed by atoms with Gasteiger partial charge >= 0.3 is 5.97 Å². The van der Waals surface area contributed by atoms with E-state index in [-0.39, 0.29) is 11.6 Å². The third-order valence-corrected chi connectivity index (χ3v) is 6.67. The Morgan fingerprint density at radius 3 is 2.81 bits per heavy atom. The molecule has 6 nitrogen and oxygen atoms in total. The van der Waals surface area contributed by atoms with Gasteiger partial charge in [-0.25, -0.2) is 4.79 Å². The summed E-state index contributed by atoms with van der Waals surface area (Å²) < 4.78 is 6.01. The molecular weight excluding hydrogens is 364 g/mol. The topological polar surface area (TPSA) is 81.3 Å². The number of carbonyl (C=O) groups excluding carboxylic acids is 1. The summed E-state index contributed by atoms with van der Waals surface area (Å²) >= 11 is 6.02. The van der Waals surface area contributed by atoms with Gasteiger partial charge in [0.2, 0.25) is 0 Å². The van der Waals surface area contributed by atoms with Gasteiger partial charge in [-0.05, 0) is 43.2 Å². The Kier molecular flexibility index (Phi) is 3.79. The van der Waals surface area contributed by atoms with Gasteiger partial charge in [-0.3, -0.25) is 0 Å². The van der Waals surface area contributed by atoms with Crippen LogP contribution in [0.4, 0.5) is 11.5 Å². The molecule has 2 unspecified atom stereocenters. The Morgan fingerprint density at radius 2 is 2.00 bits per heavy atom. The number of nitrogens with two attached hydrogens (primary N) is 1. The summed E-state index contributed by atoms with van der Waals surface area (Å²) in [5.41, 5.74) is 7.24. The fourth-order valence-corrected chi connectivity index (χ4v) is 5.53. The molecular formula is C20H21ClN4O2. The largest absolute Gasteiger partial charge is 0.455 e. The fraction of sp³-hybridized carbons (Fsp3) is 0.450. The number of ether oxygens (including phenoxy) is 1. The van der Waals surface area contributed by atoms with Gasteiger partial charge in [-0.2, -0.15) is 0 Å². The van der Waals surface area contributed by atoms with Crippen LogP contribution in [0, 0.1) is 17.8 Å². The average Bonchev–Trinajstić information content (AvgIpc) is 2.71. The van der Waals surface area contributed by atoms with E-state index in [0.29, 0.717) is 34.3 Å². The quantitative estimate of drug-likeness (QED) is 0.818. The highest BCUT2D eigenvalue weighted by atomic mass is 35.5. The molecule has 1 aromatic heterocycles. The minimum absolute atomic E-state index is 0.206. The van der Waals surface area contributed by atoms with Crippen LogP contribution in [0.5, 0.6) is 0 Å². The summed E-state index contributed by atoms with van der Waals surface area (Å²) in [6.45, 7) is 1.80. The first-order valence-electron chi connectivity index (χ1n) is 9.38. The molecule has 0 radical (unpaired) electrons. The van der Waals surface area contributed by atoms with Gasteiger partial charge in [0.25, 0.3) is 0 Å². The average molecular weight is 385 g/mol. The zero-order chi connectivity index (χ0) is 18.6. The summed E-state index contributed by atoms with van der Waals surface area (Å²) in [5, 5.41) is 8.11. The number of nitrogen functional groups attached to an aromatic ring is 1. The minimum atomic E-state index is -0.266. The van der Waals surface area contributed by atoms with Crippen LogP contribution in [0.15, 0.2) is 36.4 Å². The number of anilines is 2. The van der Waals surface area contributed by atoms with Crippen molar-refractivity contribution in [2.75, 3.05) is 23.7 Å². The maximum atomic E-state index is 12.5. The summed E-state index contributed by atoms with van der Waals surface area (Å²) in [5.74, 6) is 1.75. The van der Waals surface area contributed by atoms with Gasteiger partial charge in [0, 0.05) is 25.1 Å². The summed E-state index contributed by atoms with van der Waals surface area (Å²) in [6.07, 6.45) is 2.94. The van der Waals surface area contributed by atoms with E-state index in [1.807, 2.05) is 30.3 Å².